The van der Waals surface area contributed by atoms with E-state index in [1.54, 1.807) is 0 Å². The molecule has 0 spiro atoms. The maximum atomic E-state index is 6.09. The number of hydrogen-bond acceptors (Lipinski definition) is 2. The molecule has 0 amide bonds. The molecule has 0 bridgehead atoms. The van der Waals surface area contributed by atoms with Crippen LogP contribution in [-0.2, 0) is 13.0 Å². The van der Waals surface area contributed by atoms with E-state index < -0.39 is 0 Å². The molecule has 0 fully saturated rings. The molecule has 1 aliphatic heterocycles. The Morgan fingerprint density at radius 1 is 1.10 bits per heavy atom. The topological polar surface area (TPSA) is 29.3 Å². The molecule has 2 N–H and O–H groups in total. The zero-order valence-electron chi connectivity index (χ0n) is 11.1. The normalized spacial score (nSPS) is 14.2. The summed E-state index contributed by atoms with van der Waals surface area (Å²) < 4.78 is 0. The van der Waals surface area contributed by atoms with Crippen molar-refractivity contribution in [2.45, 2.75) is 19.4 Å². The molecule has 1 heterocycles. The second-order valence-electron chi connectivity index (χ2n) is 5.12. The highest BCUT2D eigenvalue weighted by atomic mass is 35.5. The standard InChI is InChI=1S/C16H16Cl2N2/c17-13-7-6-11(9-14(13)18)10-20-8-2-3-12-15(19)4-1-5-16(12)20/h1,4-7,9H,2-3,8,10,19H2. The number of fused-ring (bicyclic) bond motifs is 1. The molecule has 0 saturated carbocycles. The van der Waals surface area contributed by atoms with Crippen LogP contribution >= 0.6 is 23.2 Å². The average molecular weight is 307 g/mol. The number of anilines is 2. The van der Waals surface area contributed by atoms with Crippen LogP contribution in [0.1, 0.15) is 17.5 Å². The second kappa shape index (κ2) is 5.55. The molecule has 1 aliphatic rings. The molecule has 0 atom stereocenters. The lowest BCUT2D eigenvalue weighted by Gasteiger charge is -2.32. The van der Waals surface area contributed by atoms with Crippen LogP contribution in [0.4, 0.5) is 11.4 Å². The minimum atomic E-state index is 0.596. The monoisotopic (exact) mass is 306 g/mol. The summed E-state index contributed by atoms with van der Waals surface area (Å²) in [5, 5.41) is 1.20. The third-order valence-electron chi connectivity index (χ3n) is 3.74. The van der Waals surface area contributed by atoms with Gasteiger partial charge in [-0.2, -0.15) is 0 Å². The molecule has 20 heavy (non-hydrogen) atoms. The van der Waals surface area contributed by atoms with Crippen LogP contribution in [0.15, 0.2) is 36.4 Å². The van der Waals surface area contributed by atoms with Crippen LogP contribution in [0, 0.1) is 0 Å². The molecule has 3 rings (SSSR count). The lowest BCUT2D eigenvalue weighted by atomic mass is 9.99. The van der Waals surface area contributed by atoms with Gasteiger partial charge in [0.05, 0.1) is 10.0 Å². The Bertz CT molecular complexity index is 640. The van der Waals surface area contributed by atoms with Gasteiger partial charge in [-0.25, -0.2) is 0 Å². The van der Waals surface area contributed by atoms with E-state index in [1.165, 1.54) is 11.3 Å². The third kappa shape index (κ3) is 2.58. The highest BCUT2D eigenvalue weighted by Gasteiger charge is 2.18. The van der Waals surface area contributed by atoms with Crippen molar-refractivity contribution < 1.29 is 0 Å². The molecule has 104 valence electrons. The van der Waals surface area contributed by atoms with Crippen LogP contribution < -0.4 is 10.6 Å². The van der Waals surface area contributed by atoms with Crippen molar-refractivity contribution in [1.82, 2.24) is 0 Å². The summed E-state index contributed by atoms with van der Waals surface area (Å²) in [4.78, 5) is 2.36. The van der Waals surface area contributed by atoms with Gasteiger partial charge in [0.1, 0.15) is 0 Å². The molecular weight excluding hydrogens is 291 g/mol. The van der Waals surface area contributed by atoms with E-state index in [9.17, 15) is 0 Å². The van der Waals surface area contributed by atoms with E-state index in [0.717, 1.165) is 37.2 Å². The molecule has 0 aromatic heterocycles. The number of nitrogens with zero attached hydrogens (tertiary/aromatic N) is 1. The van der Waals surface area contributed by atoms with Crippen molar-refractivity contribution in [2.24, 2.45) is 0 Å². The Kier molecular flexibility index (Phi) is 3.77. The van der Waals surface area contributed by atoms with Gasteiger partial charge in [-0.05, 0) is 48.2 Å². The maximum Gasteiger partial charge on any atom is 0.0595 e. The molecule has 0 unspecified atom stereocenters. The summed E-state index contributed by atoms with van der Waals surface area (Å²) in [6, 6.07) is 11.9. The van der Waals surface area contributed by atoms with Crippen LogP contribution in [0.25, 0.3) is 0 Å². The quantitative estimate of drug-likeness (QED) is 0.826. The molecule has 2 aromatic carbocycles. The summed E-state index contributed by atoms with van der Waals surface area (Å²) in [5.41, 5.74) is 10.6. The molecule has 0 aliphatic carbocycles. The second-order valence-corrected chi connectivity index (χ2v) is 5.93. The maximum absolute atomic E-state index is 6.09. The minimum absolute atomic E-state index is 0.596. The lowest BCUT2D eigenvalue weighted by Crippen LogP contribution is -2.29. The zero-order valence-corrected chi connectivity index (χ0v) is 12.6. The van der Waals surface area contributed by atoms with Crippen molar-refractivity contribution in [1.29, 1.82) is 0 Å². The predicted molar refractivity (Wildman–Crippen MR) is 86.7 cm³/mol. The summed E-state index contributed by atoms with van der Waals surface area (Å²) in [7, 11) is 0. The summed E-state index contributed by atoms with van der Waals surface area (Å²) in [6.45, 7) is 1.87. The van der Waals surface area contributed by atoms with Gasteiger partial charge in [0, 0.05) is 24.5 Å². The van der Waals surface area contributed by atoms with Crippen molar-refractivity contribution in [3.8, 4) is 0 Å². The van der Waals surface area contributed by atoms with E-state index in [-0.39, 0.29) is 0 Å². The van der Waals surface area contributed by atoms with Gasteiger partial charge in [-0.1, -0.05) is 35.3 Å². The lowest BCUT2D eigenvalue weighted by molar-refractivity contribution is 0.692. The average Bonchev–Trinajstić information content (AvgIpc) is 2.44. The predicted octanol–water partition coefficient (Wildman–Crippen LogP) is 4.53. The highest BCUT2D eigenvalue weighted by molar-refractivity contribution is 6.42. The van der Waals surface area contributed by atoms with Gasteiger partial charge in [0.2, 0.25) is 0 Å². The Balaban J connectivity index is 1.89. The number of benzene rings is 2. The van der Waals surface area contributed by atoms with Crippen molar-refractivity contribution >= 4 is 34.6 Å². The van der Waals surface area contributed by atoms with Crippen LogP contribution in [-0.4, -0.2) is 6.54 Å². The van der Waals surface area contributed by atoms with Crippen LogP contribution in [0.5, 0.6) is 0 Å². The van der Waals surface area contributed by atoms with E-state index in [4.69, 9.17) is 28.9 Å². The van der Waals surface area contributed by atoms with E-state index >= 15 is 0 Å². The van der Waals surface area contributed by atoms with Crippen molar-refractivity contribution in [3.05, 3.63) is 57.6 Å². The number of halogens is 2. The van der Waals surface area contributed by atoms with Gasteiger partial charge in [-0.3, -0.25) is 0 Å². The van der Waals surface area contributed by atoms with Crippen LogP contribution in [0.2, 0.25) is 10.0 Å². The first-order valence-corrected chi connectivity index (χ1v) is 7.47. The number of rotatable bonds is 2. The zero-order chi connectivity index (χ0) is 14.1. The molecule has 4 heteroatoms. The highest BCUT2D eigenvalue weighted by Crippen LogP contribution is 2.33. The summed E-state index contributed by atoms with van der Waals surface area (Å²) >= 11 is 12.0. The largest absolute Gasteiger partial charge is 0.398 e. The first-order valence-electron chi connectivity index (χ1n) is 6.71. The molecule has 0 saturated heterocycles. The fourth-order valence-electron chi connectivity index (χ4n) is 2.75. The first-order chi connectivity index (χ1) is 9.65. The van der Waals surface area contributed by atoms with E-state index in [1.807, 2.05) is 30.3 Å². The van der Waals surface area contributed by atoms with E-state index in [2.05, 4.69) is 11.0 Å². The van der Waals surface area contributed by atoms with Gasteiger partial charge < -0.3 is 10.6 Å². The SMILES string of the molecule is Nc1cccc2c1CCCN2Cc1ccc(Cl)c(Cl)c1. The fraction of sp³-hybridized carbons (Fsp3) is 0.250. The third-order valence-corrected chi connectivity index (χ3v) is 4.48. The van der Waals surface area contributed by atoms with Crippen molar-refractivity contribution in [2.75, 3.05) is 17.2 Å². The Morgan fingerprint density at radius 3 is 2.75 bits per heavy atom. The molecule has 0 radical (unpaired) electrons. The Labute approximate surface area is 129 Å². The molecule has 2 aromatic rings. The summed E-state index contributed by atoms with van der Waals surface area (Å²) in [5.74, 6) is 0. The minimum Gasteiger partial charge on any atom is -0.398 e. The number of nitrogens with two attached hydrogens (primary N) is 1. The van der Waals surface area contributed by atoms with E-state index in [0.29, 0.717) is 10.0 Å². The Morgan fingerprint density at radius 2 is 1.95 bits per heavy atom. The Hall–Kier alpha value is -1.38. The number of nitrogen functional groups attached to an aromatic ring is 1. The van der Waals surface area contributed by atoms with Gasteiger partial charge in [0.25, 0.3) is 0 Å². The fourth-order valence-corrected chi connectivity index (χ4v) is 3.07. The molecular formula is C16H16Cl2N2. The van der Waals surface area contributed by atoms with Gasteiger partial charge in [-0.15, -0.1) is 0 Å². The van der Waals surface area contributed by atoms with Gasteiger partial charge in [0.15, 0.2) is 0 Å². The molecule has 2 nitrogen and oxygen atoms in total. The first kappa shape index (κ1) is 13.6. The smallest absolute Gasteiger partial charge is 0.0595 e. The summed E-state index contributed by atoms with van der Waals surface area (Å²) in [6.07, 6.45) is 2.18. The van der Waals surface area contributed by atoms with Gasteiger partial charge >= 0.3 is 0 Å². The van der Waals surface area contributed by atoms with Crippen molar-refractivity contribution in [3.63, 3.8) is 0 Å². The number of hydrogen-bond donors (Lipinski definition) is 1. The van der Waals surface area contributed by atoms with Crippen LogP contribution in [0.3, 0.4) is 0 Å².